The minimum atomic E-state index is -0.873. The Balaban J connectivity index is 1.53. The molecule has 3 fully saturated rings. The number of rotatable bonds is 9. The van der Waals surface area contributed by atoms with Gasteiger partial charge in [0.05, 0.1) is 29.6 Å². The van der Waals surface area contributed by atoms with Gasteiger partial charge in [-0.25, -0.2) is 4.79 Å². The average molecular weight is 514 g/mol. The topological polar surface area (TPSA) is 114 Å². The molecule has 1 aromatic rings. The number of hydrogen-bond acceptors (Lipinski definition) is 5. The van der Waals surface area contributed by atoms with Crippen molar-refractivity contribution in [1.82, 2.24) is 25.8 Å². The zero-order valence-corrected chi connectivity index (χ0v) is 22.7. The van der Waals surface area contributed by atoms with Gasteiger partial charge in [0.25, 0.3) is 0 Å². The summed E-state index contributed by atoms with van der Waals surface area (Å²) in [6.45, 7) is 4.62. The van der Waals surface area contributed by atoms with Crippen LogP contribution in [-0.4, -0.2) is 84.2 Å². The van der Waals surface area contributed by atoms with Gasteiger partial charge in [0.15, 0.2) is 0 Å². The Morgan fingerprint density at radius 3 is 2.22 bits per heavy atom. The number of carbonyl (C=O) groups is 3. The lowest BCUT2D eigenvalue weighted by atomic mass is 9.68. The van der Waals surface area contributed by atoms with Gasteiger partial charge in [-0.3, -0.25) is 9.59 Å². The first-order chi connectivity index (χ1) is 17.5. The zero-order valence-electron chi connectivity index (χ0n) is 22.7. The Labute approximate surface area is 220 Å². The minimum absolute atomic E-state index is 0.0958. The van der Waals surface area contributed by atoms with E-state index in [1.54, 1.807) is 18.7 Å². The molecule has 3 aliphatic rings. The van der Waals surface area contributed by atoms with E-state index in [1.807, 2.05) is 18.0 Å². The van der Waals surface area contributed by atoms with Crippen LogP contribution in [0.1, 0.15) is 64.4 Å². The molecule has 0 bridgehead atoms. The summed E-state index contributed by atoms with van der Waals surface area (Å²) in [6.07, 6.45) is 5.77. The maximum atomic E-state index is 13.8. The van der Waals surface area contributed by atoms with Crippen molar-refractivity contribution in [3.8, 4) is 0 Å². The molecule has 0 radical (unpaired) electrons. The van der Waals surface area contributed by atoms with Crippen LogP contribution in [-0.2, 0) is 15.1 Å². The highest BCUT2D eigenvalue weighted by molar-refractivity contribution is 5.88. The van der Waals surface area contributed by atoms with Crippen molar-refractivity contribution >= 4 is 17.8 Å². The number of nitrogens with zero attached hydrogens (tertiary/aromatic N) is 2. The fourth-order valence-electron chi connectivity index (χ4n) is 6.33. The molecule has 1 aliphatic heterocycles. The van der Waals surface area contributed by atoms with Gasteiger partial charge in [0.1, 0.15) is 0 Å². The van der Waals surface area contributed by atoms with Crippen LogP contribution in [0, 0.1) is 5.41 Å². The van der Waals surface area contributed by atoms with E-state index >= 15 is 0 Å². The largest absolute Gasteiger partial charge is 0.388 e. The first-order valence-corrected chi connectivity index (χ1v) is 13.5. The molecule has 9 heteroatoms. The van der Waals surface area contributed by atoms with Crippen LogP contribution in [0.3, 0.4) is 0 Å². The third kappa shape index (κ3) is 5.34. The van der Waals surface area contributed by atoms with Crippen LogP contribution in [0.15, 0.2) is 30.3 Å². The van der Waals surface area contributed by atoms with Crippen molar-refractivity contribution in [3.63, 3.8) is 0 Å². The van der Waals surface area contributed by atoms with E-state index in [-0.39, 0.29) is 42.0 Å². The van der Waals surface area contributed by atoms with Crippen molar-refractivity contribution < 1.29 is 19.5 Å². The molecule has 1 spiro atoms. The Hall–Kier alpha value is -2.65. The predicted octanol–water partition coefficient (Wildman–Crippen LogP) is 1.96. The van der Waals surface area contributed by atoms with Crippen LogP contribution in [0.5, 0.6) is 0 Å². The first kappa shape index (κ1) is 27.4. The predicted molar refractivity (Wildman–Crippen MR) is 142 cm³/mol. The highest BCUT2D eigenvalue weighted by atomic mass is 16.3. The monoisotopic (exact) mass is 513 g/mol. The molecule has 1 heterocycles. The first-order valence-electron chi connectivity index (χ1n) is 13.5. The second-order valence-electron chi connectivity index (χ2n) is 12.0. The van der Waals surface area contributed by atoms with E-state index < -0.39 is 11.0 Å². The third-order valence-corrected chi connectivity index (χ3v) is 9.02. The quantitative estimate of drug-likeness (QED) is 0.403. The summed E-state index contributed by atoms with van der Waals surface area (Å²) in [7, 11) is 3.53. The van der Waals surface area contributed by atoms with Gasteiger partial charge < -0.3 is 30.9 Å². The van der Waals surface area contributed by atoms with Gasteiger partial charge in [-0.2, -0.15) is 0 Å². The van der Waals surface area contributed by atoms with E-state index in [1.165, 1.54) is 12.6 Å². The van der Waals surface area contributed by atoms with E-state index in [0.29, 0.717) is 25.9 Å². The molecule has 4 rings (SSSR count). The lowest BCUT2D eigenvalue weighted by molar-refractivity contribution is -0.132. The molecule has 37 heavy (non-hydrogen) atoms. The van der Waals surface area contributed by atoms with Crippen molar-refractivity contribution in [1.29, 1.82) is 0 Å². The van der Waals surface area contributed by atoms with Crippen molar-refractivity contribution in [2.75, 3.05) is 40.3 Å². The molecular formula is C28H43N5O4. The summed E-state index contributed by atoms with van der Waals surface area (Å²) in [5.74, 6) is -0.537. The van der Waals surface area contributed by atoms with Crippen molar-refractivity contribution in [2.24, 2.45) is 5.41 Å². The van der Waals surface area contributed by atoms with Crippen LogP contribution < -0.4 is 16.0 Å². The molecule has 2 aliphatic carbocycles. The van der Waals surface area contributed by atoms with E-state index in [2.05, 4.69) is 40.2 Å². The fraction of sp³-hybridized carbons (Fsp3) is 0.679. The molecule has 0 unspecified atom stereocenters. The fourth-order valence-corrected chi connectivity index (χ4v) is 6.33. The van der Waals surface area contributed by atoms with E-state index in [0.717, 1.165) is 32.1 Å². The Morgan fingerprint density at radius 2 is 1.68 bits per heavy atom. The van der Waals surface area contributed by atoms with Crippen LogP contribution in [0.25, 0.3) is 0 Å². The van der Waals surface area contributed by atoms with Gasteiger partial charge in [-0.05, 0) is 71.4 Å². The number of β-amino-alcohol motifs (C(OH)–C–C–N with tert-alkyl or cyclic N) is 1. The SMILES string of the molecule is CNC(=O)CNC(=O)C(C)(C)CN1CC2(CCC(NC)(c3ccccc3)CC2)N(CC2(O)CCC2)C1=O. The Morgan fingerprint density at radius 1 is 1.03 bits per heavy atom. The van der Waals surface area contributed by atoms with Crippen molar-refractivity contribution in [2.45, 2.75) is 75.5 Å². The van der Waals surface area contributed by atoms with Crippen LogP contribution >= 0.6 is 0 Å². The summed E-state index contributed by atoms with van der Waals surface area (Å²) in [6, 6.07) is 10.4. The second-order valence-corrected chi connectivity index (χ2v) is 12.0. The average Bonchev–Trinajstić information content (AvgIpc) is 3.12. The van der Waals surface area contributed by atoms with Gasteiger partial charge in [-0.15, -0.1) is 0 Å². The molecular weight excluding hydrogens is 470 g/mol. The number of carbonyl (C=O) groups excluding carboxylic acids is 3. The Bertz CT molecular complexity index is 999. The minimum Gasteiger partial charge on any atom is -0.388 e. The normalized spacial score (nSPS) is 27.2. The van der Waals surface area contributed by atoms with Crippen LogP contribution in [0.4, 0.5) is 4.79 Å². The zero-order chi connectivity index (χ0) is 26.9. The summed E-state index contributed by atoms with van der Waals surface area (Å²) in [4.78, 5) is 42.1. The molecule has 4 amide bonds. The van der Waals surface area contributed by atoms with E-state index in [9.17, 15) is 19.5 Å². The summed E-state index contributed by atoms with van der Waals surface area (Å²) in [5.41, 5.74) is -0.975. The summed E-state index contributed by atoms with van der Waals surface area (Å²) >= 11 is 0. The molecule has 204 valence electrons. The third-order valence-electron chi connectivity index (χ3n) is 9.02. The number of hydrogen-bond donors (Lipinski definition) is 4. The standard InChI is InChI=1S/C28H43N5O4/c1-25(2,23(35)31-17-22(34)29-3)18-32-19-26(33(24(32)36)20-27(37)11-8-12-27)13-15-28(30-4,16-14-26)21-9-6-5-7-10-21/h5-7,9-10,30,37H,8,11-20H2,1-4H3,(H,29,34)(H,31,35). The van der Waals surface area contributed by atoms with Crippen LogP contribution in [0.2, 0.25) is 0 Å². The highest BCUT2D eigenvalue weighted by Gasteiger charge is 2.56. The second kappa shape index (κ2) is 10.3. The lowest BCUT2D eigenvalue weighted by Crippen LogP contribution is -2.59. The van der Waals surface area contributed by atoms with Gasteiger partial charge in [0, 0.05) is 25.7 Å². The van der Waals surface area contributed by atoms with Gasteiger partial charge in [0.2, 0.25) is 11.8 Å². The number of benzene rings is 1. The summed E-state index contributed by atoms with van der Waals surface area (Å²) in [5, 5.41) is 19.8. The van der Waals surface area contributed by atoms with Gasteiger partial charge >= 0.3 is 6.03 Å². The van der Waals surface area contributed by atoms with E-state index in [4.69, 9.17) is 0 Å². The maximum Gasteiger partial charge on any atom is 0.320 e. The van der Waals surface area contributed by atoms with Gasteiger partial charge in [-0.1, -0.05) is 30.3 Å². The molecule has 0 aromatic heterocycles. The molecule has 2 saturated carbocycles. The number of nitrogens with one attached hydrogen (secondary N) is 3. The molecule has 1 saturated heterocycles. The number of urea groups is 1. The Kier molecular flexibility index (Phi) is 7.59. The number of aliphatic hydroxyl groups is 1. The lowest BCUT2D eigenvalue weighted by Gasteiger charge is -2.50. The molecule has 0 atom stereocenters. The highest BCUT2D eigenvalue weighted by Crippen LogP contribution is 2.48. The molecule has 1 aromatic carbocycles. The number of amides is 4. The molecule has 4 N–H and O–H groups in total. The maximum absolute atomic E-state index is 13.8. The molecule has 9 nitrogen and oxygen atoms in total. The smallest absolute Gasteiger partial charge is 0.320 e. The van der Waals surface area contributed by atoms with Crippen molar-refractivity contribution in [3.05, 3.63) is 35.9 Å². The summed E-state index contributed by atoms with van der Waals surface area (Å²) < 4.78 is 0. The number of likely N-dealkylation sites (N-methyl/N-ethyl adjacent to an activating group) is 1.